The molecule has 96 valence electrons. The van der Waals surface area contributed by atoms with Crippen molar-refractivity contribution in [1.82, 2.24) is 9.88 Å². The normalized spacial score (nSPS) is 11.0. The van der Waals surface area contributed by atoms with Crippen LogP contribution in [-0.4, -0.2) is 37.3 Å². The first-order chi connectivity index (χ1) is 8.20. The van der Waals surface area contributed by atoms with Gasteiger partial charge in [0.2, 0.25) is 0 Å². The van der Waals surface area contributed by atoms with Crippen LogP contribution < -0.4 is 10.9 Å². The zero-order valence-corrected chi connectivity index (χ0v) is 9.44. The van der Waals surface area contributed by atoms with Crippen molar-refractivity contribution in [2.24, 2.45) is 0 Å². The van der Waals surface area contributed by atoms with Gasteiger partial charge in [-0.25, -0.2) is 8.78 Å². The Kier molecular flexibility index (Phi) is 6.42. The number of rotatable bonds is 8. The minimum atomic E-state index is -2.42. The molecule has 6 heteroatoms. The minimum Gasteiger partial charge on any atom is -0.374 e. The standard InChI is InChI=1S/C11H16F2N2O2/c12-10(13)9-17-8-5-14-4-7-15-6-2-1-3-11(15)16/h1-3,6,10,14H,4-5,7-9H2. The van der Waals surface area contributed by atoms with Crippen molar-refractivity contribution in [3.05, 3.63) is 34.7 Å². The Hall–Kier alpha value is -1.27. The van der Waals surface area contributed by atoms with Crippen molar-refractivity contribution in [2.75, 3.05) is 26.3 Å². The summed E-state index contributed by atoms with van der Waals surface area (Å²) in [5.74, 6) is 0. The van der Waals surface area contributed by atoms with Crippen molar-refractivity contribution in [3.8, 4) is 0 Å². The Morgan fingerprint density at radius 3 is 2.88 bits per heavy atom. The van der Waals surface area contributed by atoms with E-state index < -0.39 is 13.0 Å². The van der Waals surface area contributed by atoms with E-state index in [-0.39, 0.29) is 12.2 Å². The summed E-state index contributed by atoms with van der Waals surface area (Å²) in [4.78, 5) is 11.3. The highest BCUT2D eigenvalue weighted by molar-refractivity contribution is 4.93. The van der Waals surface area contributed by atoms with E-state index in [0.717, 1.165) is 0 Å². The molecule has 1 rings (SSSR count). The maximum absolute atomic E-state index is 11.7. The summed E-state index contributed by atoms with van der Waals surface area (Å²) in [5, 5.41) is 3.01. The predicted molar refractivity (Wildman–Crippen MR) is 60.4 cm³/mol. The Bertz CT molecular complexity index is 368. The first kappa shape index (κ1) is 13.8. The fraction of sp³-hybridized carbons (Fsp3) is 0.545. The monoisotopic (exact) mass is 246 g/mol. The molecule has 0 unspecified atom stereocenters. The van der Waals surface area contributed by atoms with Crippen LogP contribution in [0.15, 0.2) is 29.2 Å². The van der Waals surface area contributed by atoms with Gasteiger partial charge in [-0.2, -0.15) is 0 Å². The molecule has 0 atom stereocenters. The van der Waals surface area contributed by atoms with Crippen molar-refractivity contribution in [2.45, 2.75) is 13.0 Å². The summed E-state index contributed by atoms with van der Waals surface area (Å²) < 4.78 is 29.7. The maximum Gasteiger partial charge on any atom is 0.261 e. The van der Waals surface area contributed by atoms with Gasteiger partial charge in [-0.05, 0) is 6.07 Å². The fourth-order valence-electron chi connectivity index (χ4n) is 1.29. The first-order valence-electron chi connectivity index (χ1n) is 5.42. The van der Waals surface area contributed by atoms with Crippen LogP contribution in [0.4, 0.5) is 8.78 Å². The van der Waals surface area contributed by atoms with Gasteiger partial charge in [-0.3, -0.25) is 4.79 Å². The number of pyridine rings is 1. The molecule has 0 fully saturated rings. The zero-order valence-electron chi connectivity index (χ0n) is 9.44. The number of alkyl halides is 2. The third-order valence-electron chi connectivity index (χ3n) is 2.10. The largest absolute Gasteiger partial charge is 0.374 e. The summed E-state index contributed by atoms with van der Waals surface area (Å²) in [6.45, 7) is 1.36. The third-order valence-corrected chi connectivity index (χ3v) is 2.10. The molecular formula is C11H16F2N2O2. The number of halogens is 2. The van der Waals surface area contributed by atoms with Crippen molar-refractivity contribution in [3.63, 3.8) is 0 Å². The highest BCUT2D eigenvalue weighted by Gasteiger charge is 2.00. The van der Waals surface area contributed by atoms with E-state index in [2.05, 4.69) is 5.32 Å². The number of hydrogen-bond acceptors (Lipinski definition) is 3. The molecule has 0 aliphatic rings. The van der Waals surface area contributed by atoms with Gasteiger partial charge in [0.25, 0.3) is 12.0 Å². The predicted octanol–water partition coefficient (Wildman–Crippen LogP) is 0.720. The molecule has 1 N–H and O–H groups in total. The highest BCUT2D eigenvalue weighted by atomic mass is 19.3. The molecule has 0 saturated carbocycles. The first-order valence-corrected chi connectivity index (χ1v) is 5.42. The maximum atomic E-state index is 11.7. The smallest absolute Gasteiger partial charge is 0.261 e. The van der Waals surface area contributed by atoms with Crippen LogP contribution >= 0.6 is 0 Å². The van der Waals surface area contributed by atoms with Gasteiger partial charge in [-0.15, -0.1) is 0 Å². The topological polar surface area (TPSA) is 43.3 Å². The van der Waals surface area contributed by atoms with E-state index >= 15 is 0 Å². The van der Waals surface area contributed by atoms with Crippen molar-refractivity contribution >= 4 is 0 Å². The van der Waals surface area contributed by atoms with Gasteiger partial charge >= 0.3 is 0 Å². The average molecular weight is 246 g/mol. The number of aromatic nitrogens is 1. The van der Waals surface area contributed by atoms with Crippen LogP contribution in [0.3, 0.4) is 0 Å². The van der Waals surface area contributed by atoms with Gasteiger partial charge in [0.15, 0.2) is 0 Å². The van der Waals surface area contributed by atoms with Crippen molar-refractivity contribution < 1.29 is 13.5 Å². The van der Waals surface area contributed by atoms with Crippen LogP contribution in [0.25, 0.3) is 0 Å². The summed E-state index contributed by atoms with van der Waals surface area (Å²) in [6, 6.07) is 4.96. The summed E-state index contributed by atoms with van der Waals surface area (Å²) in [6.07, 6.45) is -0.713. The van der Waals surface area contributed by atoms with Crippen molar-refractivity contribution in [1.29, 1.82) is 0 Å². The van der Waals surface area contributed by atoms with E-state index in [1.54, 1.807) is 22.9 Å². The minimum absolute atomic E-state index is 0.0525. The third kappa shape index (κ3) is 6.13. The average Bonchev–Trinajstić information content (AvgIpc) is 2.30. The van der Waals surface area contributed by atoms with Crippen LogP contribution in [0.2, 0.25) is 0 Å². The molecule has 0 aliphatic carbocycles. The van der Waals surface area contributed by atoms with E-state index in [0.29, 0.717) is 19.6 Å². The molecule has 1 aromatic heterocycles. The zero-order chi connectivity index (χ0) is 12.5. The number of hydrogen-bond donors (Lipinski definition) is 1. The lowest BCUT2D eigenvalue weighted by Gasteiger charge is -2.07. The van der Waals surface area contributed by atoms with Gasteiger partial charge in [0.05, 0.1) is 6.61 Å². The van der Waals surface area contributed by atoms with E-state index in [9.17, 15) is 13.6 Å². The lowest BCUT2D eigenvalue weighted by Crippen LogP contribution is -2.28. The van der Waals surface area contributed by atoms with Crippen LogP contribution in [0, 0.1) is 0 Å². The molecule has 4 nitrogen and oxygen atoms in total. The molecule has 0 aliphatic heterocycles. The van der Waals surface area contributed by atoms with Gasteiger partial charge in [-0.1, -0.05) is 6.07 Å². The SMILES string of the molecule is O=c1ccccn1CCNCCOCC(F)F. The number of nitrogens with zero attached hydrogens (tertiary/aromatic N) is 1. The molecule has 0 saturated heterocycles. The fourth-order valence-corrected chi connectivity index (χ4v) is 1.29. The van der Waals surface area contributed by atoms with Gasteiger partial charge in [0, 0.05) is 31.9 Å². The number of ether oxygens (including phenoxy) is 1. The molecule has 1 aromatic rings. The second-order valence-electron chi connectivity index (χ2n) is 3.45. The Morgan fingerprint density at radius 2 is 2.18 bits per heavy atom. The lowest BCUT2D eigenvalue weighted by molar-refractivity contribution is 0.0188. The molecule has 0 amide bonds. The summed E-state index contributed by atoms with van der Waals surface area (Å²) in [5.41, 5.74) is -0.0525. The van der Waals surface area contributed by atoms with Crippen LogP contribution in [0.5, 0.6) is 0 Å². The molecular weight excluding hydrogens is 230 g/mol. The Balaban J connectivity index is 2.05. The second kappa shape index (κ2) is 7.92. The molecule has 0 aromatic carbocycles. The molecule has 17 heavy (non-hydrogen) atoms. The van der Waals surface area contributed by atoms with Gasteiger partial charge in [0.1, 0.15) is 6.61 Å². The lowest BCUT2D eigenvalue weighted by atomic mass is 10.4. The molecule has 0 radical (unpaired) electrons. The highest BCUT2D eigenvalue weighted by Crippen LogP contribution is 1.91. The molecule has 1 heterocycles. The second-order valence-corrected chi connectivity index (χ2v) is 3.45. The number of nitrogens with one attached hydrogen (secondary N) is 1. The van der Waals surface area contributed by atoms with E-state index in [1.165, 1.54) is 6.07 Å². The quantitative estimate of drug-likeness (QED) is 0.687. The Morgan fingerprint density at radius 1 is 1.35 bits per heavy atom. The van der Waals surface area contributed by atoms with E-state index in [1.807, 2.05) is 0 Å². The Labute approximate surface area is 98.2 Å². The van der Waals surface area contributed by atoms with Gasteiger partial charge < -0.3 is 14.6 Å². The summed E-state index contributed by atoms with van der Waals surface area (Å²) in [7, 11) is 0. The van der Waals surface area contributed by atoms with E-state index in [4.69, 9.17) is 4.74 Å². The van der Waals surface area contributed by atoms with Crippen LogP contribution in [0.1, 0.15) is 0 Å². The molecule has 0 bridgehead atoms. The molecule has 0 spiro atoms. The summed E-state index contributed by atoms with van der Waals surface area (Å²) >= 11 is 0. The van der Waals surface area contributed by atoms with Crippen LogP contribution in [-0.2, 0) is 11.3 Å².